The minimum atomic E-state index is 0.158. The second-order valence-corrected chi connectivity index (χ2v) is 5.06. The highest BCUT2D eigenvalue weighted by molar-refractivity contribution is 7.13. The summed E-state index contributed by atoms with van der Waals surface area (Å²) in [6.45, 7) is 6.81. The Labute approximate surface area is 105 Å². The summed E-state index contributed by atoms with van der Waals surface area (Å²) >= 11 is 1.38. The number of carbonyl (C=O) groups is 1. The molecule has 2 heterocycles. The molecule has 5 nitrogen and oxygen atoms in total. The Balaban J connectivity index is 1.85. The maximum absolute atomic E-state index is 12.0. The summed E-state index contributed by atoms with van der Waals surface area (Å²) in [6, 6.07) is 0. The number of hydrogen-bond acceptors (Lipinski definition) is 5. The Morgan fingerprint density at radius 2 is 2.18 bits per heavy atom. The summed E-state index contributed by atoms with van der Waals surface area (Å²) in [5.41, 5.74) is 6.33. The van der Waals surface area contributed by atoms with E-state index in [1.54, 1.807) is 0 Å². The van der Waals surface area contributed by atoms with Gasteiger partial charge in [-0.1, -0.05) is 6.92 Å². The summed E-state index contributed by atoms with van der Waals surface area (Å²) < 4.78 is 0. The average molecular weight is 254 g/mol. The van der Waals surface area contributed by atoms with Gasteiger partial charge >= 0.3 is 0 Å². The number of nitrogens with two attached hydrogens (primary N) is 1. The lowest BCUT2D eigenvalue weighted by Crippen LogP contribution is -2.48. The van der Waals surface area contributed by atoms with Gasteiger partial charge < -0.3 is 15.5 Å². The van der Waals surface area contributed by atoms with Crippen LogP contribution in [0.25, 0.3) is 0 Å². The molecule has 0 atom stereocenters. The number of piperazine rings is 1. The summed E-state index contributed by atoms with van der Waals surface area (Å²) in [4.78, 5) is 20.4. The zero-order valence-electron chi connectivity index (χ0n) is 10.1. The van der Waals surface area contributed by atoms with Crippen molar-refractivity contribution < 1.29 is 4.79 Å². The smallest absolute Gasteiger partial charge is 0.228 e. The van der Waals surface area contributed by atoms with Crippen molar-refractivity contribution in [1.29, 1.82) is 0 Å². The Hall–Kier alpha value is -1.14. The predicted octanol–water partition coefficient (Wildman–Crippen LogP) is 0.432. The first-order valence-electron chi connectivity index (χ1n) is 5.89. The lowest BCUT2D eigenvalue weighted by molar-refractivity contribution is -0.132. The van der Waals surface area contributed by atoms with Crippen LogP contribution in [0, 0.1) is 0 Å². The Bertz CT molecular complexity index is 385. The first kappa shape index (κ1) is 12.3. The second kappa shape index (κ2) is 5.46. The number of carbonyl (C=O) groups excluding carboxylic acids is 1. The summed E-state index contributed by atoms with van der Waals surface area (Å²) in [6.07, 6.45) is 0.375. The number of thiazole rings is 1. The highest BCUT2D eigenvalue weighted by atomic mass is 32.1. The quantitative estimate of drug-likeness (QED) is 0.850. The molecule has 1 aromatic rings. The van der Waals surface area contributed by atoms with E-state index >= 15 is 0 Å². The average Bonchev–Trinajstić information content (AvgIpc) is 2.75. The number of aromatic nitrogens is 1. The minimum Gasteiger partial charge on any atom is -0.375 e. The molecule has 0 bridgehead atoms. The number of nitrogen functional groups attached to an aromatic ring is 1. The molecular formula is C11H18N4OS. The van der Waals surface area contributed by atoms with Crippen molar-refractivity contribution in [1.82, 2.24) is 14.8 Å². The van der Waals surface area contributed by atoms with E-state index in [1.165, 1.54) is 11.3 Å². The summed E-state index contributed by atoms with van der Waals surface area (Å²) in [5.74, 6) is 0.158. The standard InChI is InChI=1S/C11H18N4OS/c1-2-14-3-5-15(6-4-14)10(16)7-9-8-17-11(12)13-9/h8H,2-7H2,1H3,(H2,12,13). The van der Waals surface area contributed by atoms with E-state index in [0.29, 0.717) is 11.6 Å². The van der Waals surface area contributed by atoms with Crippen LogP contribution in [0.3, 0.4) is 0 Å². The molecule has 1 aliphatic rings. The fourth-order valence-electron chi connectivity index (χ4n) is 1.98. The molecule has 0 saturated carbocycles. The second-order valence-electron chi connectivity index (χ2n) is 4.17. The Morgan fingerprint density at radius 3 is 2.71 bits per heavy atom. The molecule has 0 aliphatic carbocycles. The van der Waals surface area contributed by atoms with Crippen LogP contribution in [-0.2, 0) is 11.2 Å². The van der Waals surface area contributed by atoms with Crippen molar-refractivity contribution >= 4 is 22.4 Å². The van der Waals surface area contributed by atoms with Crippen LogP contribution in [0.4, 0.5) is 5.13 Å². The molecule has 0 aromatic carbocycles. The topological polar surface area (TPSA) is 62.5 Å². The molecule has 1 aromatic heterocycles. The van der Waals surface area contributed by atoms with Crippen molar-refractivity contribution in [3.63, 3.8) is 0 Å². The number of rotatable bonds is 3. The predicted molar refractivity (Wildman–Crippen MR) is 68.9 cm³/mol. The third-order valence-electron chi connectivity index (χ3n) is 3.07. The van der Waals surface area contributed by atoms with E-state index in [2.05, 4.69) is 16.8 Å². The van der Waals surface area contributed by atoms with Gasteiger partial charge in [0.1, 0.15) is 0 Å². The van der Waals surface area contributed by atoms with Gasteiger partial charge in [-0.2, -0.15) is 0 Å². The molecule has 1 aliphatic heterocycles. The maximum atomic E-state index is 12.0. The number of anilines is 1. The molecule has 6 heteroatoms. The van der Waals surface area contributed by atoms with E-state index in [4.69, 9.17) is 5.73 Å². The molecule has 0 unspecified atom stereocenters. The van der Waals surface area contributed by atoms with E-state index in [-0.39, 0.29) is 5.91 Å². The van der Waals surface area contributed by atoms with Crippen LogP contribution in [-0.4, -0.2) is 53.4 Å². The van der Waals surface area contributed by atoms with E-state index in [9.17, 15) is 4.79 Å². The molecule has 0 radical (unpaired) electrons. The van der Waals surface area contributed by atoms with Crippen LogP contribution in [0.2, 0.25) is 0 Å². The van der Waals surface area contributed by atoms with Crippen molar-refractivity contribution in [2.75, 3.05) is 38.5 Å². The Kier molecular flexibility index (Phi) is 3.96. The Morgan fingerprint density at radius 1 is 1.47 bits per heavy atom. The van der Waals surface area contributed by atoms with E-state index in [0.717, 1.165) is 38.4 Å². The first-order valence-corrected chi connectivity index (χ1v) is 6.77. The molecule has 2 rings (SSSR count). The van der Waals surface area contributed by atoms with Gasteiger partial charge in [-0.3, -0.25) is 4.79 Å². The van der Waals surface area contributed by atoms with Crippen molar-refractivity contribution in [2.24, 2.45) is 0 Å². The molecule has 1 fully saturated rings. The van der Waals surface area contributed by atoms with Gasteiger partial charge in [0.15, 0.2) is 5.13 Å². The van der Waals surface area contributed by atoms with Gasteiger partial charge in [-0.05, 0) is 6.54 Å². The zero-order valence-corrected chi connectivity index (χ0v) is 10.9. The van der Waals surface area contributed by atoms with Crippen molar-refractivity contribution in [3.05, 3.63) is 11.1 Å². The molecule has 1 saturated heterocycles. The maximum Gasteiger partial charge on any atom is 0.228 e. The van der Waals surface area contributed by atoms with Gasteiger partial charge in [0.25, 0.3) is 0 Å². The third-order valence-corrected chi connectivity index (χ3v) is 3.80. The highest BCUT2D eigenvalue weighted by Gasteiger charge is 2.20. The zero-order chi connectivity index (χ0) is 12.3. The van der Waals surface area contributed by atoms with Gasteiger partial charge in [-0.15, -0.1) is 11.3 Å². The van der Waals surface area contributed by atoms with Gasteiger partial charge in [0.05, 0.1) is 12.1 Å². The fraction of sp³-hybridized carbons (Fsp3) is 0.636. The van der Waals surface area contributed by atoms with Gasteiger partial charge in [-0.25, -0.2) is 4.98 Å². The molecule has 94 valence electrons. The molecule has 17 heavy (non-hydrogen) atoms. The number of likely N-dealkylation sites (N-methyl/N-ethyl adjacent to an activating group) is 1. The van der Waals surface area contributed by atoms with E-state index < -0.39 is 0 Å². The number of amides is 1. The summed E-state index contributed by atoms with van der Waals surface area (Å²) in [5, 5.41) is 2.39. The largest absolute Gasteiger partial charge is 0.375 e. The minimum absolute atomic E-state index is 0.158. The monoisotopic (exact) mass is 254 g/mol. The van der Waals surface area contributed by atoms with Crippen LogP contribution in [0.15, 0.2) is 5.38 Å². The lowest BCUT2D eigenvalue weighted by atomic mass is 10.2. The number of hydrogen-bond donors (Lipinski definition) is 1. The van der Waals surface area contributed by atoms with Gasteiger partial charge in [0, 0.05) is 31.6 Å². The fourth-order valence-corrected chi connectivity index (χ4v) is 2.55. The molecule has 1 amide bonds. The summed E-state index contributed by atoms with van der Waals surface area (Å²) in [7, 11) is 0. The highest BCUT2D eigenvalue weighted by Crippen LogP contribution is 2.13. The van der Waals surface area contributed by atoms with Crippen LogP contribution < -0.4 is 5.73 Å². The molecular weight excluding hydrogens is 236 g/mol. The lowest BCUT2D eigenvalue weighted by Gasteiger charge is -2.34. The third kappa shape index (κ3) is 3.17. The van der Waals surface area contributed by atoms with Crippen LogP contribution in [0.1, 0.15) is 12.6 Å². The van der Waals surface area contributed by atoms with Gasteiger partial charge in [0.2, 0.25) is 5.91 Å². The van der Waals surface area contributed by atoms with Crippen LogP contribution >= 0.6 is 11.3 Å². The number of nitrogens with zero attached hydrogens (tertiary/aromatic N) is 3. The molecule has 2 N–H and O–H groups in total. The van der Waals surface area contributed by atoms with Crippen molar-refractivity contribution in [3.8, 4) is 0 Å². The van der Waals surface area contributed by atoms with Crippen LogP contribution in [0.5, 0.6) is 0 Å². The van der Waals surface area contributed by atoms with Crippen molar-refractivity contribution in [2.45, 2.75) is 13.3 Å². The first-order chi connectivity index (χ1) is 8.19. The van der Waals surface area contributed by atoms with E-state index in [1.807, 2.05) is 10.3 Å². The SMILES string of the molecule is CCN1CCN(C(=O)Cc2csc(N)n2)CC1. The normalized spacial score (nSPS) is 17.4. The molecule has 0 spiro atoms.